The van der Waals surface area contributed by atoms with Gasteiger partial charge in [-0.3, -0.25) is 0 Å². The zero-order valence-corrected chi connectivity index (χ0v) is 12.7. The van der Waals surface area contributed by atoms with Crippen molar-refractivity contribution in [2.75, 3.05) is 24.6 Å². The molecule has 0 aromatic heterocycles. The van der Waals surface area contributed by atoms with E-state index in [1.807, 2.05) is 24.3 Å². The molecule has 1 aromatic rings. The van der Waals surface area contributed by atoms with E-state index >= 15 is 0 Å². The molecule has 0 atom stereocenters. The number of anilines is 1. The van der Waals surface area contributed by atoms with Crippen molar-refractivity contribution in [3.63, 3.8) is 0 Å². The van der Waals surface area contributed by atoms with Gasteiger partial charge in [-0.1, -0.05) is 18.2 Å². The van der Waals surface area contributed by atoms with Gasteiger partial charge in [0.1, 0.15) is 0 Å². The molecule has 1 heterocycles. The Morgan fingerprint density at radius 2 is 1.95 bits per heavy atom. The summed E-state index contributed by atoms with van der Waals surface area (Å²) < 4.78 is 25.1. The minimum atomic E-state index is -3.03. The molecule has 20 heavy (non-hydrogen) atoms. The Kier molecular flexibility index (Phi) is 5.01. The van der Waals surface area contributed by atoms with Gasteiger partial charge in [-0.15, -0.1) is 0 Å². The third-order valence-corrected chi connectivity index (χ3v) is 5.73. The summed E-state index contributed by atoms with van der Waals surface area (Å²) in [6.07, 6.45) is 1.71. The average molecular weight is 297 g/mol. The van der Waals surface area contributed by atoms with Gasteiger partial charge in [0, 0.05) is 31.4 Å². The molecule has 0 amide bonds. The summed E-state index contributed by atoms with van der Waals surface area (Å²) in [7, 11) is -3.03. The molecule has 1 fully saturated rings. The molecule has 1 saturated heterocycles. The van der Waals surface area contributed by atoms with E-state index in [1.54, 1.807) is 11.2 Å². The van der Waals surface area contributed by atoms with Crippen LogP contribution >= 0.6 is 0 Å². The summed E-state index contributed by atoms with van der Waals surface area (Å²) in [4.78, 5) is 0. The summed E-state index contributed by atoms with van der Waals surface area (Å²) in [5.41, 5.74) is 7.80. The lowest BCUT2D eigenvalue weighted by molar-refractivity contribution is 0.289. The van der Waals surface area contributed by atoms with Crippen molar-refractivity contribution in [1.82, 2.24) is 9.62 Å². The van der Waals surface area contributed by atoms with Crippen LogP contribution in [0.3, 0.4) is 0 Å². The van der Waals surface area contributed by atoms with E-state index in [-0.39, 0.29) is 5.75 Å². The maximum absolute atomic E-state index is 11.8. The third kappa shape index (κ3) is 3.71. The van der Waals surface area contributed by atoms with Gasteiger partial charge in [0.15, 0.2) is 0 Å². The van der Waals surface area contributed by atoms with E-state index in [0.717, 1.165) is 30.6 Å². The normalized spacial score (nSPS) is 18.2. The van der Waals surface area contributed by atoms with Gasteiger partial charge in [0.05, 0.1) is 5.75 Å². The second-order valence-corrected chi connectivity index (χ2v) is 7.41. The highest BCUT2D eigenvalue weighted by molar-refractivity contribution is 7.89. The topological polar surface area (TPSA) is 75.4 Å². The van der Waals surface area contributed by atoms with Crippen LogP contribution in [0, 0.1) is 0 Å². The molecule has 0 unspecified atom stereocenters. The molecule has 0 bridgehead atoms. The number of nitrogens with zero attached hydrogens (tertiary/aromatic N) is 1. The Labute approximate surface area is 121 Å². The number of nitrogens with two attached hydrogens (primary N) is 1. The zero-order chi connectivity index (χ0) is 14.6. The fraction of sp³-hybridized carbons (Fsp3) is 0.571. The van der Waals surface area contributed by atoms with Crippen molar-refractivity contribution in [2.24, 2.45) is 0 Å². The predicted molar refractivity (Wildman–Crippen MR) is 81.7 cm³/mol. The molecule has 0 spiro atoms. The Hall–Kier alpha value is -1.11. The van der Waals surface area contributed by atoms with Gasteiger partial charge in [0.2, 0.25) is 10.0 Å². The Morgan fingerprint density at radius 1 is 1.30 bits per heavy atom. The monoisotopic (exact) mass is 297 g/mol. The lowest BCUT2D eigenvalue weighted by Crippen LogP contribution is -2.45. The average Bonchev–Trinajstić information content (AvgIpc) is 2.47. The van der Waals surface area contributed by atoms with Crippen LogP contribution < -0.4 is 11.1 Å². The molecular weight excluding hydrogens is 274 g/mol. The third-order valence-electron chi connectivity index (χ3n) is 3.85. The van der Waals surface area contributed by atoms with Crippen LogP contribution in [0.2, 0.25) is 0 Å². The van der Waals surface area contributed by atoms with Gasteiger partial charge in [-0.05, 0) is 31.4 Å². The molecule has 2 rings (SSSR count). The number of hydrogen-bond donors (Lipinski definition) is 2. The van der Waals surface area contributed by atoms with Crippen molar-refractivity contribution >= 4 is 15.7 Å². The van der Waals surface area contributed by atoms with Gasteiger partial charge in [-0.25, -0.2) is 12.7 Å². The van der Waals surface area contributed by atoms with E-state index in [0.29, 0.717) is 19.1 Å². The summed E-state index contributed by atoms with van der Waals surface area (Å²) in [6.45, 7) is 3.64. The van der Waals surface area contributed by atoms with E-state index in [4.69, 9.17) is 5.73 Å². The maximum Gasteiger partial charge on any atom is 0.213 e. The lowest BCUT2D eigenvalue weighted by atomic mass is 10.1. The molecule has 0 aliphatic carbocycles. The minimum Gasteiger partial charge on any atom is -0.398 e. The highest BCUT2D eigenvalue weighted by Gasteiger charge is 2.26. The van der Waals surface area contributed by atoms with E-state index in [9.17, 15) is 8.42 Å². The maximum atomic E-state index is 11.8. The Bertz CT molecular complexity index is 537. The largest absolute Gasteiger partial charge is 0.398 e. The number of nitrogens with one attached hydrogen (secondary N) is 1. The highest BCUT2D eigenvalue weighted by Crippen LogP contribution is 2.16. The van der Waals surface area contributed by atoms with Gasteiger partial charge >= 0.3 is 0 Å². The minimum absolute atomic E-state index is 0.186. The Balaban J connectivity index is 1.82. The van der Waals surface area contributed by atoms with Crippen LogP contribution in [0.1, 0.15) is 25.3 Å². The first-order valence-corrected chi connectivity index (χ1v) is 8.68. The van der Waals surface area contributed by atoms with Crippen LogP contribution in [0.5, 0.6) is 0 Å². The number of sulfonamides is 1. The van der Waals surface area contributed by atoms with E-state index in [1.165, 1.54) is 0 Å². The van der Waals surface area contributed by atoms with Gasteiger partial charge in [-0.2, -0.15) is 0 Å². The summed E-state index contributed by atoms with van der Waals surface area (Å²) in [6, 6.07) is 8.17. The van der Waals surface area contributed by atoms with Crippen LogP contribution in [0.4, 0.5) is 5.69 Å². The first kappa shape index (κ1) is 15.3. The summed E-state index contributed by atoms with van der Waals surface area (Å²) in [5, 5.41) is 3.47. The van der Waals surface area contributed by atoms with Crippen molar-refractivity contribution in [3.05, 3.63) is 29.8 Å². The van der Waals surface area contributed by atoms with Crippen molar-refractivity contribution in [1.29, 1.82) is 0 Å². The SMILES string of the molecule is CCS(=O)(=O)N1CCC(NCc2ccccc2N)CC1. The van der Waals surface area contributed by atoms with Crippen molar-refractivity contribution in [3.8, 4) is 0 Å². The second-order valence-electron chi connectivity index (χ2n) is 5.15. The highest BCUT2D eigenvalue weighted by atomic mass is 32.2. The number of nitrogen functional groups attached to an aromatic ring is 1. The molecule has 1 aliphatic rings. The molecule has 1 aromatic carbocycles. The molecule has 1 aliphatic heterocycles. The first-order chi connectivity index (χ1) is 9.53. The predicted octanol–water partition coefficient (Wildman–Crippen LogP) is 1.17. The van der Waals surface area contributed by atoms with Crippen LogP contribution in [-0.4, -0.2) is 37.6 Å². The van der Waals surface area contributed by atoms with E-state index in [2.05, 4.69) is 5.32 Å². The molecule has 3 N–H and O–H groups in total. The lowest BCUT2D eigenvalue weighted by Gasteiger charge is -2.31. The Morgan fingerprint density at radius 3 is 2.55 bits per heavy atom. The number of benzene rings is 1. The summed E-state index contributed by atoms with van der Waals surface area (Å²) in [5.74, 6) is 0.186. The fourth-order valence-corrected chi connectivity index (χ4v) is 3.60. The van der Waals surface area contributed by atoms with Crippen molar-refractivity contribution in [2.45, 2.75) is 32.4 Å². The molecule has 112 valence electrons. The van der Waals surface area contributed by atoms with Gasteiger partial charge in [0.25, 0.3) is 0 Å². The number of para-hydroxylation sites is 1. The van der Waals surface area contributed by atoms with Crippen LogP contribution in [0.25, 0.3) is 0 Å². The molecule has 0 saturated carbocycles. The quantitative estimate of drug-likeness (QED) is 0.800. The molecule has 5 nitrogen and oxygen atoms in total. The van der Waals surface area contributed by atoms with E-state index < -0.39 is 10.0 Å². The number of hydrogen-bond acceptors (Lipinski definition) is 4. The molecule has 0 radical (unpaired) electrons. The smallest absolute Gasteiger partial charge is 0.213 e. The molecule has 6 heteroatoms. The fourth-order valence-electron chi connectivity index (χ4n) is 2.47. The second kappa shape index (κ2) is 6.56. The van der Waals surface area contributed by atoms with Crippen molar-refractivity contribution < 1.29 is 8.42 Å². The van der Waals surface area contributed by atoms with Gasteiger partial charge < -0.3 is 11.1 Å². The van der Waals surface area contributed by atoms with Crippen LogP contribution in [-0.2, 0) is 16.6 Å². The first-order valence-electron chi connectivity index (χ1n) is 7.07. The molecular formula is C14H23N3O2S. The zero-order valence-electron chi connectivity index (χ0n) is 11.9. The number of piperidine rings is 1. The van der Waals surface area contributed by atoms with Crippen LogP contribution in [0.15, 0.2) is 24.3 Å². The standard InChI is InChI=1S/C14H23N3O2S/c1-2-20(18,19)17-9-7-13(8-10-17)16-11-12-5-3-4-6-14(12)15/h3-6,13,16H,2,7-11,15H2,1H3. The summed E-state index contributed by atoms with van der Waals surface area (Å²) >= 11 is 0. The number of rotatable bonds is 5.